The van der Waals surface area contributed by atoms with E-state index in [9.17, 15) is 8.78 Å². The van der Waals surface area contributed by atoms with Crippen LogP contribution in [0.2, 0.25) is 0 Å². The number of rotatable bonds is 4. The lowest BCUT2D eigenvalue weighted by atomic mass is 9.86. The van der Waals surface area contributed by atoms with Crippen molar-refractivity contribution in [2.45, 2.75) is 37.5 Å². The normalized spacial score (nSPS) is 17.3. The topological polar surface area (TPSA) is 64.9 Å². The van der Waals surface area contributed by atoms with Crippen LogP contribution in [0.1, 0.15) is 43.0 Å². The van der Waals surface area contributed by atoms with Crippen LogP contribution in [0.15, 0.2) is 22.7 Å². The van der Waals surface area contributed by atoms with E-state index in [1.165, 1.54) is 12.1 Å². The SMILES string of the molecule is NCC1(c2nc(Cc3ccc(F)cc3F)no2)CCCC1. The molecule has 2 N–H and O–H groups in total. The van der Waals surface area contributed by atoms with E-state index in [2.05, 4.69) is 10.1 Å². The summed E-state index contributed by atoms with van der Waals surface area (Å²) in [6, 6.07) is 3.47. The lowest BCUT2D eigenvalue weighted by Gasteiger charge is -2.21. The van der Waals surface area contributed by atoms with Gasteiger partial charge in [0.05, 0.1) is 5.41 Å². The van der Waals surface area contributed by atoms with Gasteiger partial charge in [-0.2, -0.15) is 4.98 Å². The first-order valence-electron chi connectivity index (χ1n) is 7.10. The van der Waals surface area contributed by atoms with Gasteiger partial charge in [0, 0.05) is 19.0 Å². The highest BCUT2D eigenvalue weighted by Gasteiger charge is 2.39. The Morgan fingerprint density at radius 2 is 2.00 bits per heavy atom. The highest BCUT2D eigenvalue weighted by molar-refractivity contribution is 5.22. The lowest BCUT2D eigenvalue weighted by molar-refractivity contribution is 0.283. The molecule has 1 aromatic heterocycles. The van der Waals surface area contributed by atoms with Gasteiger partial charge in [-0.3, -0.25) is 0 Å². The summed E-state index contributed by atoms with van der Waals surface area (Å²) in [5.74, 6) is -0.260. The third kappa shape index (κ3) is 2.68. The summed E-state index contributed by atoms with van der Waals surface area (Å²) in [5.41, 5.74) is 5.99. The highest BCUT2D eigenvalue weighted by atomic mass is 19.1. The van der Waals surface area contributed by atoms with Gasteiger partial charge in [-0.15, -0.1) is 0 Å². The molecular formula is C15H17F2N3O. The van der Waals surface area contributed by atoms with E-state index < -0.39 is 11.6 Å². The van der Waals surface area contributed by atoms with Gasteiger partial charge in [0.2, 0.25) is 5.89 Å². The summed E-state index contributed by atoms with van der Waals surface area (Å²) < 4.78 is 31.9. The van der Waals surface area contributed by atoms with Crippen LogP contribution in [-0.2, 0) is 11.8 Å². The Labute approximate surface area is 121 Å². The molecule has 0 bridgehead atoms. The van der Waals surface area contributed by atoms with E-state index in [0.717, 1.165) is 31.7 Å². The van der Waals surface area contributed by atoms with E-state index in [1.54, 1.807) is 0 Å². The van der Waals surface area contributed by atoms with Crippen molar-refractivity contribution in [3.63, 3.8) is 0 Å². The first-order chi connectivity index (χ1) is 10.1. The Hall–Kier alpha value is -1.82. The molecule has 1 aliphatic carbocycles. The molecule has 21 heavy (non-hydrogen) atoms. The van der Waals surface area contributed by atoms with Crippen LogP contribution in [0.25, 0.3) is 0 Å². The molecule has 6 heteroatoms. The molecule has 112 valence electrons. The second-order valence-electron chi connectivity index (χ2n) is 5.62. The summed E-state index contributed by atoms with van der Waals surface area (Å²) in [7, 11) is 0. The number of nitrogens with two attached hydrogens (primary N) is 1. The second-order valence-corrected chi connectivity index (χ2v) is 5.62. The molecule has 2 aromatic rings. The second kappa shape index (κ2) is 5.52. The van der Waals surface area contributed by atoms with Crippen LogP contribution in [-0.4, -0.2) is 16.7 Å². The lowest BCUT2D eigenvalue weighted by Crippen LogP contribution is -2.32. The fourth-order valence-corrected chi connectivity index (χ4v) is 2.93. The number of nitrogens with zero attached hydrogens (tertiary/aromatic N) is 2. The van der Waals surface area contributed by atoms with Crippen LogP contribution >= 0.6 is 0 Å². The molecule has 0 saturated heterocycles. The summed E-state index contributed by atoms with van der Waals surface area (Å²) >= 11 is 0. The van der Waals surface area contributed by atoms with Crippen LogP contribution in [0.5, 0.6) is 0 Å². The molecule has 0 amide bonds. The van der Waals surface area contributed by atoms with Gasteiger partial charge in [-0.05, 0) is 24.5 Å². The van der Waals surface area contributed by atoms with Crippen molar-refractivity contribution in [1.82, 2.24) is 10.1 Å². The van der Waals surface area contributed by atoms with E-state index in [4.69, 9.17) is 10.3 Å². The molecule has 4 nitrogen and oxygen atoms in total. The number of benzene rings is 1. The zero-order valence-electron chi connectivity index (χ0n) is 11.6. The summed E-state index contributed by atoms with van der Waals surface area (Å²) in [6.07, 6.45) is 4.26. The van der Waals surface area contributed by atoms with Crippen molar-refractivity contribution in [3.05, 3.63) is 47.1 Å². The average Bonchev–Trinajstić information content (AvgIpc) is 3.11. The van der Waals surface area contributed by atoms with Gasteiger partial charge in [0.25, 0.3) is 0 Å². The number of hydrogen-bond acceptors (Lipinski definition) is 4. The average molecular weight is 293 g/mol. The zero-order chi connectivity index (χ0) is 14.9. The molecule has 1 heterocycles. The van der Waals surface area contributed by atoms with E-state index in [1.807, 2.05) is 0 Å². The van der Waals surface area contributed by atoms with E-state index in [-0.39, 0.29) is 11.8 Å². The minimum absolute atomic E-state index is 0.177. The van der Waals surface area contributed by atoms with Crippen LogP contribution in [0.3, 0.4) is 0 Å². The quantitative estimate of drug-likeness (QED) is 0.941. The minimum Gasteiger partial charge on any atom is -0.339 e. The van der Waals surface area contributed by atoms with Gasteiger partial charge in [-0.25, -0.2) is 8.78 Å². The Kier molecular flexibility index (Phi) is 3.71. The van der Waals surface area contributed by atoms with Crippen molar-refractivity contribution >= 4 is 0 Å². The van der Waals surface area contributed by atoms with Crippen molar-refractivity contribution in [2.75, 3.05) is 6.54 Å². The molecule has 1 fully saturated rings. The number of hydrogen-bond donors (Lipinski definition) is 1. The first kappa shape index (κ1) is 14.1. The first-order valence-corrected chi connectivity index (χ1v) is 7.10. The molecule has 0 spiro atoms. The third-order valence-electron chi connectivity index (χ3n) is 4.24. The molecule has 0 unspecified atom stereocenters. The molecule has 3 rings (SSSR count). The molecule has 1 saturated carbocycles. The predicted octanol–water partition coefficient (Wildman–Crippen LogP) is 2.71. The standard InChI is InChI=1S/C15H17F2N3O/c16-11-4-3-10(12(17)8-11)7-13-19-14(21-20-13)15(9-18)5-1-2-6-15/h3-4,8H,1-2,5-7,9,18H2. The van der Waals surface area contributed by atoms with E-state index >= 15 is 0 Å². The Morgan fingerprint density at radius 3 is 2.67 bits per heavy atom. The molecule has 0 atom stereocenters. The number of halogens is 2. The van der Waals surface area contributed by atoms with Crippen LogP contribution in [0, 0.1) is 11.6 Å². The van der Waals surface area contributed by atoms with Gasteiger partial charge in [0.1, 0.15) is 11.6 Å². The maximum Gasteiger partial charge on any atom is 0.234 e. The monoisotopic (exact) mass is 293 g/mol. The van der Waals surface area contributed by atoms with Crippen LogP contribution < -0.4 is 5.73 Å². The maximum atomic E-state index is 13.6. The van der Waals surface area contributed by atoms with Crippen molar-refractivity contribution in [2.24, 2.45) is 5.73 Å². The van der Waals surface area contributed by atoms with Crippen molar-refractivity contribution in [3.8, 4) is 0 Å². The molecule has 1 aromatic carbocycles. The van der Waals surface area contributed by atoms with Crippen molar-refractivity contribution < 1.29 is 13.3 Å². The molecule has 0 aliphatic heterocycles. The summed E-state index contributed by atoms with van der Waals surface area (Å²) in [6.45, 7) is 0.472. The van der Waals surface area contributed by atoms with Crippen LogP contribution in [0.4, 0.5) is 8.78 Å². The zero-order valence-corrected chi connectivity index (χ0v) is 11.6. The minimum atomic E-state index is -0.601. The number of aromatic nitrogens is 2. The largest absolute Gasteiger partial charge is 0.339 e. The fourth-order valence-electron chi connectivity index (χ4n) is 2.93. The summed E-state index contributed by atoms with van der Waals surface area (Å²) in [4.78, 5) is 4.38. The van der Waals surface area contributed by atoms with Gasteiger partial charge in [0.15, 0.2) is 5.82 Å². The smallest absolute Gasteiger partial charge is 0.234 e. The van der Waals surface area contributed by atoms with Gasteiger partial charge < -0.3 is 10.3 Å². The molecular weight excluding hydrogens is 276 g/mol. The summed E-state index contributed by atoms with van der Waals surface area (Å²) in [5, 5.41) is 3.91. The Morgan fingerprint density at radius 1 is 1.24 bits per heavy atom. The molecule has 0 radical (unpaired) electrons. The van der Waals surface area contributed by atoms with Gasteiger partial charge >= 0.3 is 0 Å². The Bertz CT molecular complexity index is 636. The Balaban J connectivity index is 1.82. The maximum absolute atomic E-state index is 13.6. The molecule has 1 aliphatic rings. The van der Waals surface area contributed by atoms with Gasteiger partial charge in [-0.1, -0.05) is 24.1 Å². The third-order valence-corrected chi connectivity index (χ3v) is 4.24. The van der Waals surface area contributed by atoms with E-state index in [0.29, 0.717) is 23.8 Å². The van der Waals surface area contributed by atoms with Crippen molar-refractivity contribution in [1.29, 1.82) is 0 Å². The fraction of sp³-hybridized carbons (Fsp3) is 0.467. The highest BCUT2D eigenvalue weighted by Crippen LogP contribution is 2.39. The predicted molar refractivity (Wildman–Crippen MR) is 72.7 cm³/mol.